The fourth-order valence-electron chi connectivity index (χ4n) is 4.79. The normalized spacial score (nSPS) is 16.6. The second-order valence-electron chi connectivity index (χ2n) is 8.79. The van der Waals surface area contributed by atoms with Crippen LogP contribution in [0.3, 0.4) is 0 Å². The van der Waals surface area contributed by atoms with Crippen LogP contribution in [-0.4, -0.2) is 35.7 Å². The molecule has 1 atom stereocenters. The van der Waals surface area contributed by atoms with Crippen molar-refractivity contribution in [2.45, 2.75) is 37.9 Å². The van der Waals surface area contributed by atoms with Crippen LogP contribution in [-0.2, 0) is 5.60 Å². The van der Waals surface area contributed by atoms with Crippen LogP contribution in [0.5, 0.6) is 5.75 Å². The molecule has 1 saturated heterocycles. The van der Waals surface area contributed by atoms with Gasteiger partial charge in [-0.15, -0.1) is 0 Å². The summed E-state index contributed by atoms with van der Waals surface area (Å²) in [6.07, 6.45) is 3.00. The number of hydrogen-bond acceptors (Lipinski definition) is 3. The number of rotatable bonds is 8. The first-order valence-corrected chi connectivity index (χ1v) is 11.9. The van der Waals surface area contributed by atoms with Gasteiger partial charge in [0.25, 0.3) is 0 Å². The minimum absolute atomic E-state index is 0.122. The number of nitrogens with zero attached hydrogens (tertiary/aromatic N) is 1. The van der Waals surface area contributed by atoms with Crippen molar-refractivity contribution in [3.63, 3.8) is 0 Å². The van der Waals surface area contributed by atoms with Crippen molar-refractivity contribution in [1.29, 1.82) is 0 Å². The standard InChI is InChI=1S/C28H32ClNO2/c1-22(32-27-14-8-13-26(29)21-27)15-18-30-19-16-25(17-20-30)28(31,23-9-4-2-5-10-23)24-11-6-3-7-12-24/h2-14,21-22,25,31H,15-20H2,1H3. The van der Waals surface area contributed by atoms with Crippen LogP contribution in [0.1, 0.15) is 37.3 Å². The van der Waals surface area contributed by atoms with E-state index >= 15 is 0 Å². The topological polar surface area (TPSA) is 32.7 Å². The summed E-state index contributed by atoms with van der Waals surface area (Å²) in [6.45, 7) is 5.06. The molecule has 1 aliphatic rings. The molecule has 32 heavy (non-hydrogen) atoms. The van der Waals surface area contributed by atoms with E-state index in [-0.39, 0.29) is 12.0 Å². The molecule has 1 unspecified atom stereocenters. The number of likely N-dealkylation sites (tertiary alicyclic amines) is 1. The van der Waals surface area contributed by atoms with Gasteiger partial charge in [-0.05, 0) is 74.5 Å². The minimum atomic E-state index is -0.961. The molecule has 3 nitrogen and oxygen atoms in total. The van der Waals surface area contributed by atoms with Crippen molar-refractivity contribution < 1.29 is 9.84 Å². The molecule has 1 fully saturated rings. The summed E-state index contributed by atoms with van der Waals surface area (Å²) in [5.74, 6) is 1.00. The summed E-state index contributed by atoms with van der Waals surface area (Å²) >= 11 is 6.06. The number of hydrogen-bond donors (Lipinski definition) is 1. The highest BCUT2D eigenvalue weighted by Crippen LogP contribution is 2.41. The van der Waals surface area contributed by atoms with Crippen molar-refractivity contribution >= 4 is 11.6 Å². The Balaban J connectivity index is 1.36. The second kappa shape index (κ2) is 10.5. The van der Waals surface area contributed by atoms with Gasteiger partial charge in [-0.3, -0.25) is 0 Å². The summed E-state index contributed by atoms with van der Waals surface area (Å²) in [5, 5.41) is 12.7. The molecule has 1 aliphatic heterocycles. The molecule has 3 aromatic rings. The Morgan fingerprint density at radius 2 is 1.53 bits per heavy atom. The lowest BCUT2D eigenvalue weighted by molar-refractivity contribution is -0.0152. The van der Waals surface area contributed by atoms with Gasteiger partial charge in [0.05, 0.1) is 6.10 Å². The molecule has 0 spiro atoms. The highest BCUT2D eigenvalue weighted by molar-refractivity contribution is 6.30. The first-order chi connectivity index (χ1) is 15.6. The van der Waals surface area contributed by atoms with Gasteiger partial charge in [0, 0.05) is 11.6 Å². The fraction of sp³-hybridized carbons (Fsp3) is 0.357. The zero-order valence-corrected chi connectivity index (χ0v) is 19.4. The molecule has 0 amide bonds. The lowest BCUT2D eigenvalue weighted by Gasteiger charge is -2.42. The first-order valence-electron chi connectivity index (χ1n) is 11.5. The third-order valence-electron chi connectivity index (χ3n) is 6.59. The molecule has 3 aromatic carbocycles. The predicted molar refractivity (Wildman–Crippen MR) is 131 cm³/mol. The van der Waals surface area contributed by atoms with Gasteiger partial charge in [0.2, 0.25) is 0 Å². The van der Waals surface area contributed by atoms with Crippen LogP contribution in [0.25, 0.3) is 0 Å². The molecule has 0 radical (unpaired) electrons. The van der Waals surface area contributed by atoms with Gasteiger partial charge in [-0.25, -0.2) is 0 Å². The zero-order valence-electron chi connectivity index (χ0n) is 18.7. The maximum absolute atomic E-state index is 12.0. The smallest absolute Gasteiger partial charge is 0.121 e. The lowest BCUT2D eigenvalue weighted by Crippen LogP contribution is -2.44. The van der Waals surface area contributed by atoms with E-state index in [2.05, 4.69) is 11.8 Å². The highest BCUT2D eigenvalue weighted by Gasteiger charge is 2.41. The number of ether oxygens (including phenoxy) is 1. The third-order valence-corrected chi connectivity index (χ3v) is 6.83. The van der Waals surface area contributed by atoms with Gasteiger partial charge in [0.15, 0.2) is 0 Å². The summed E-state index contributed by atoms with van der Waals surface area (Å²) < 4.78 is 6.03. The van der Waals surface area contributed by atoms with E-state index in [0.29, 0.717) is 5.02 Å². The van der Waals surface area contributed by atoms with Crippen LogP contribution in [0.15, 0.2) is 84.9 Å². The van der Waals surface area contributed by atoms with Gasteiger partial charge in [0.1, 0.15) is 11.4 Å². The van der Waals surface area contributed by atoms with E-state index in [1.165, 1.54) is 0 Å². The summed E-state index contributed by atoms with van der Waals surface area (Å²) in [4.78, 5) is 2.49. The van der Waals surface area contributed by atoms with Crippen LogP contribution in [0, 0.1) is 5.92 Å². The maximum atomic E-state index is 12.0. The summed E-state index contributed by atoms with van der Waals surface area (Å²) in [6, 6.07) is 27.8. The molecule has 1 heterocycles. The van der Waals surface area contributed by atoms with E-state index in [0.717, 1.165) is 55.8 Å². The van der Waals surface area contributed by atoms with E-state index in [4.69, 9.17) is 16.3 Å². The van der Waals surface area contributed by atoms with E-state index in [9.17, 15) is 5.11 Å². The van der Waals surface area contributed by atoms with Crippen LogP contribution in [0.4, 0.5) is 0 Å². The molecular formula is C28H32ClNO2. The quantitative estimate of drug-likeness (QED) is 0.448. The maximum Gasteiger partial charge on any atom is 0.121 e. The van der Waals surface area contributed by atoms with Crippen molar-refractivity contribution in [1.82, 2.24) is 4.90 Å². The summed E-state index contributed by atoms with van der Waals surface area (Å²) in [5.41, 5.74) is 0.999. The molecule has 4 rings (SSSR count). The fourth-order valence-corrected chi connectivity index (χ4v) is 4.97. The Labute approximate surface area is 196 Å². The lowest BCUT2D eigenvalue weighted by atomic mass is 9.72. The van der Waals surface area contributed by atoms with Crippen molar-refractivity contribution in [3.05, 3.63) is 101 Å². The largest absolute Gasteiger partial charge is 0.491 e. The Morgan fingerprint density at radius 3 is 2.09 bits per heavy atom. The Morgan fingerprint density at radius 1 is 0.938 bits per heavy atom. The van der Waals surface area contributed by atoms with Gasteiger partial charge in [-0.2, -0.15) is 0 Å². The Kier molecular flexibility index (Phi) is 7.51. The summed E-state index contributed by atoms with van der Waals surface area (Å²) in [7, 11) is 0. The van der Waals surface area contributed by atoms with Crippen molar-refractivity contribution in [2.24, 2.45) is 5.92 Å². The van der Waals surface area contributed by atoms with E-state index in [1.54, 1.807) is 0 Å². The van der Waals surface area contributed by atoms with E-state index in [1.807, 2.05) is 84.9 Å². The number of aliphatic hydroxyl groups is 1. The SMILES string of the molecule is CC(CCN1CCC(C(O)(c2ccccc2)c2ccccc2)CC1)Oc1cccc(Cl)c1. The molecule has 0 aliphatic carbocycles. The average molecular weight is 450 g/mol. The highest BCUT2D eigenvalue weighted by atomic mass is 35.5. The van der Waals surface area contributed by atoms with Crippen LogP contribution >= 0.6 is 11.6 Å². The molecule has 4 heteroatoms. The van der Waals surface area contributed by atoms with Crippen LogP contribution < -0.4 is 4.74 Å². The molecule has 168 valence electrons. The number of piperidine rings is 1. The van der Waals surface area contributed by atoms with Gasteiger partial charge >= 0.3 is 0 Å². The number of halogens is 1. The predicted octanol–water partition coefficient (Wildman–Crippen LogP) is 6.15. The number of benzene rings is 3. The van der Waals surface area contributed by atoms with Gasteiger partial charge in [-0.1, -0.05) is 78.3 Å². The molecular weight excluding hydrogens is 418 g/mol. The monoisotopic (exact) mass is 449 g/mol. The van der Waals surface area contributed by atoms with Gasteiger partial charge < -0.3 is 14.7 Å². The van der Waals surface area contributed by atoms with Crippen molar-refractivity contribution in [3.8, 4) is 5.75 Å². The van der Waals surface area contributed by atoms with E-state index < -0.39 is 5.60 Å². The Bertz CT molecular complexity index is 931. The molecule has 0 saturated carbocycles. The Hall–Kier alpha value is -2.33. The van der Waals surface area contributed by atoms with Crippen molar-refractivity contribution in [2.75, 3.05) is 19.6 Å². The molecule has 0 bridgehead atoms. The molecule has 1 N–H and O–H groups in total. The second-order valence-corrected chi connectivity index (χ2v) is 9.23. The first kappa shape index (κ1) is 22.8. The third kappa shape index (κ3) is 5.35. The minimum Gasteiger partial charge on any atom is -0.491 e. The van der Waals surface area contributed by atoms with Crippen LogP contribution in [0.2, 0.25) is 5.02 Å². The average Bonchev–Trinajstić information content (AvgIpc) is 2.84. The zero-order chi connectivity index (χ0) is 22.4. The molecule has 0 aromatic heterocycles.